The van der Waals surface area contributed by atoms with Gasteiger partial charge in [0.25, 0.3) is 0 Å². The monoisotopic (exact) mass is 522 g/mol. The second-order valence-electron chi connectivity index (χ2n) is 11.3. The predicted molar refractivity (Wildman–Crippen MR) is 161 cm³/mol. The molecule has 2 heteroatoms. The molecule has 1 fully saturated rings. The van der Waals surface area contributed by atoms with E-state index < -0.39 is 0 Å². The van der Waals surface area contributed by atoms with Gasteiger partial charge in [0.05, 0.1) is 0 Å². The van der Waals surface area contributed by atoms with Crippen molar-refractivity contribution < 1.29 is 8.78 Å². The Bertz CT molecular complexity index is 1360. The Morgan fingerprint density at radius 2 is 1.15 bits per heavy atom. The smallest absolute Gasteiger partial charge is 0.131 e. The van der Waals surface area contributed by atoms with Crippen LogP contribution in [0.25, 0.3) is 33.4 Å². The van der Waals surface area contributed by atoms with Crippen LogP contribution in [0.5, 0.6) is 0 Å². The molecule has 0 nitrogen and oxygen atoms in total. The van der Waals surface area contributed by atoms with Gasteiger partial charge in [-0.25, -0.2) is 8.78 Å². The lowest BCUT2D eigenvalue weighted by Gasteiger charge is -2.29. The number of hydrogen-bond acceptors (Lipinski definition) is 0. The van der Waals surface area contributed by atoms with Crippen molar-refractivity contribution in [3.63, 3.8) is 0 Å². The molecule has 0 aromatic heterocycles. The highest BCUT2D eigenvalue weighted by molar-refractivity contribution is 5.74. The second kappa shape index (κ2) is 12.7. The van der Waals surface area contributed by atoms with Crippen molar-refractivity contribution in [1.29, 1.82) is 0 Å². The number of benzene rings is 4. The lowest BCUT2D eigenvalue weighted by Crippen LogP contribution is -2.13. The highest BCUT2D eigenvalue weighted by Crippen LogP contribution is 2.38. The molecule has 4 aromatic carbocycles. The fourth-order valence-corrected chi connectivity index (χ4v) is 6.18. The van der Waals surface area contributed by atoms with Gasteiger partial charge in [0.2, 0.25) is 0 Å². The molecule has 0 aliphatic heterocycles. The summed E-state index contributed by atoms with van der Waals surface area (Å²) in [5.41, 5.74) is 6.80. The average molecular weight is 523 g/mol. The maximum atomic E-state index is 15.3. The molecule has 202 valence electrons. The van der Waals surface area contributed by atoms with E-state index in [4.69, 9.17) is 0 Å². The first-order valence-corrected chi connectivity index (χ1v) is 14.8. The van der Waals surface area contributed by atoms with Crippen molar-refractivity contribution in [3.8, 4) is 33.4 Å². The fourth-order valence-electron chi connectivity index (χ4n) is 6.18. The molecule has 1 aliphatic carbocycles. The van der Waals surface area contributed by atoms with E-state index in [0.29, 0.717) is 22.6 Å². The van der Waals surface area contributed by atoms with Crippen LogP contribution < -0.4 is 0 Å². The first-order valence-electron chi connectivity index (χ1n) is 14.8. The zero-order valence-corrected chi connectivity index (χ0v) is 23.4. The van der Waals surface area contributed by atoms with Crippen molar-refractivity contribution in [2.24, 2.45) is 5.92 Å². The van der Waals surface area contributed by atoms with Crippen LogP contribution in [0.1, 0.15) is 82.3 Å². The Labute approximate surface area is 233 Å². The molecule has 4 aromatic rings. The van der Waals surface area contributed by atoms with Crippen molar-refractivity contribution in [2.45, 2.75) is 77.6 Å². The van der Waals surface area contributed by atoms with Gasteiger partial charge in [-0.05, 0) is 89.5 Å². The van der Waals surface area contributed by atoms with E-state index in [1.807, 2.05) is 30.3 Å². The molecule has 0 heterocycles. The zero-order valence-electron chi connectivity index (χ0n) is 23.4. The molecule has 0 atom stereocenters. The van der Waals surface area contributed by atoms with Crippen molar-refractivity contribution >= 4 is 0 Å². The van der Waals surface area contributed by atoms with Gasteiger partial charge in [-0.2, -0.15) is 0 Å². The predicted octanol–water partition coefficient (Wildman–Crippen LogP) is 11.4. The van der Waals surface area contributed by atoms with Crippen LogP contribution in [-0.4, -0.2) is 0 Å². The Kier molecular flexibility index (Phi) is 8.91. The highest BCUT2D eigenvalue weighted by Gasteiger charge is 2.22. The average Bonchev–Trinajstić information content (AvgIpc) is 2.98. The molecule has 1 aliphatic rings. The Morgan fingerprint density at radius 1 is 0.590 bits per heavy atom. The number of aryl methyl sites for hydroxylation is 1. The SMILES string of the molecule is CCCCCC1CCC(c2ccc(-c3ccc(-c4ccc(-c5ccc(CC)cc5)c(F)c4)c(F)c3)cc2)CC1. The van der Waals surface area contributed by atoms with Crippen LogP contribution in [0.3, 0.4) is 0 Å². The van der Waals surface area contributed by atoms with E-state index in [9.17, 15) is 0 Å². The van der Waals surface area contributed by atoms with Gasteiger partial charge in [0.15, 0.2) is 0 Å². The molecule has 0 N–H and O–H groups in total. The van der Waals surface area contributed by atoms with Crippen molar-refractivity contribution in [1.82, 2.24) is 0 Å². The zero-order chi connectivity index (χ0) is 27.2. The van der Waals surface area contributed by atoms with Crippen molar-refractivity contribution in [2.75, 3.05) is 0 Å². The van der Waals surface area contributed by atoms with Gasteiger partial charge in [0.1, 0.15) is 11.6 Å². The third kappa shape index (κ3) is 6.49. The van der Waals surface area contributed by atoms with Crippen LogP contribution in [0.15, 0.2) is 84.9 Å². The largest absolute Gasteiger partial charge is 0.206 e. The maximum Gasteiger partial charge on any atom is 0.131 e. The normalized spacial score (nSPS) is 17.3. The Hall–Kier alpha value is -3.26. The molecule has 5 rings (SSSR count). The standard InChI is InChI=1S/C37H40F2/c1-3-5-6-7-27-10-12-28(13-11-27)29-16-18-30(19-17-29)32-20-22-35(36(38)24-32)33-21-23-34(37(39)25-33)31-14-8-26(4-2)9-15-31/h8-9,14-25,27-28H,3-7,10-13H2,1-2H3. The summed E-state index contributed by atoms with van der Waals surface area (Å²) in [6, 6.07) is 26.9. The number of rotatable bonds is 9. The summed E-state index contributed by atoms with van der Waals surface area (Å²) in [5, 5.41) is 0. The molecule has 1 saturated carbocycles. The van der Waals surface area contributed by atoms with Gasteiger partial charge >= 0.3 is 0 Å². The third-order valence-corrected chi connectivity index (χ3v) is 8.70. The summed E-state index contributed by atoms with van der Waals surface area (Å²) >= 11 is 0. The molecule has 0 spiro atoms. The van der Waals surface area contributed by atoms with E-state index in [1.54, 1.807) is 24.3 Å². The van der Waals surface area contributed by atoms with Crippen LogP contribution in [0, 0.1) is 17.6 Å². The highest BCUT2D eigenvalue weighted by atomic mass is 19.1. The molecule has 0 amide bonds. The van der Waals surface area contributed by atoms with Crippen LogP contribution >= 0.6 is 0 Å². The number of halogens is 2. The Morgan fingerprint density at radius 3 is 1.77 bits per heavy atom. The first-order chi connectivity index (χ1) is 19.1. The molecule has 0 radical (unpaired) electrons. The van der Waals surface area contributed by atoms with E-state index in [1.165, 1.54) is 68.6 Å². The van der Waals surface area contributed by atoms with E-state index in [2.05, 4.69) is 38.1 Å². The van der Waals surface area contributed by atoms with E-state index in [-0.39, 0.29) is 11.6 Å². The van der Waals surface area contributed by atoms with Crippen LogP contribution in [0.4, 0.5) is 8.78 Å². The van der Waals surface area contributed by atoms with Gasteiger partial charge in [-0.1, -0.05) is 112 Å². The topological polar surface area (TPSA) is 0 Å². The minimum absolute atomic E-state index is 0.336. The quantitative estimate of drug-likeness (QED) is 0.192. The van der Waals surface area contributed by atoms with E-state index >= 15 is 8.78 Å². The maximum absolute atomic E-state index is 15.3. The Balaban J connectivity index is 1.26. The number of hydrogen-bond donors (Lipinski definition) is 0. The molecule has 0 unspecified atom stereocenters. The summed E-state index contributed by atoms with van der Waals surface area (Å²) in [7, 11) is 0. The lowest BCUT2D eigenvalue weighted by molar-refractivity contribution is 0.303. The fraction of sp³-hybridized carbons (Fsp3) is 0.351. The lowest BCUT2D eigenvalue weighted by atomic mass is 9.77. The van der Waals surface area contributed by atoms with Gasteiger partial charge < -0.3 is 0 Å². The molecule has 0 bridgehead atoms. The van der Waals surface area contributed by atoms with Crippen LogP contribution in [0.2, 0.25) is 0 Å². The molecule has 0 saturated heterocycles. The molecular formula is C37H40F2. The summed E-state index contributed by atoms with van der Waals surface area (Å²) in [6.45, 7) is 4.37. The van der Waals surface area contributed by atoms with Gasteiger partial charge in [-0.15, -0.1) is 0 Å². The summed E-state index contributed by atoms with van der Waals surface area (Å²) in [5.74, 6) is 0.872. The second-order valence-corrected chi connectivity index (χ2v) is 11.3. The minimum Gasteiger partial charge on any atom is -0.206 e. The summed E-state index contributed by atoms with van der Waals surface area (Å²) < 4.78 is 30.3. The van der Waals surface area contributed by atoms with Crippen LogP contribution in [-0.2, 0) is 6.42 Å². The molecule has 39 heavy (non-hydrogen) atoms. The van der Waals surface area contributed by atoms with E-state index in [0.717, 1.165) is 29.0 Å². The van der Waals surface area contributed by atoms with Crippen molar-refractivity contribution in [3.05, 3.63) is 108 Å². The van der Waals surface area contributed by atoms with Gasteiger partial charge in [0, 0.05) is 11.1 Å². The number of unbranched alkanes of at least 4 members (excludes halogenated alkanes) is 2. The molecular weight excluding hydrogens is 482 g/mol. The first kappa shape index (κ1) is 27.3. The third-order valence-electron chi connectivity index (χ3n) is 8.70. The summed E-state index contributed by atoms with van der Waals surface area (Å²) in [4.78, 5) is 0. The van der Waals surface area contributed by atoms with Gasteiger partial charge in [-0.3, -0.25) is 0 Å². The summed E-state index contributed by atoms with van der Waals surface area (Å²) in [6.07, 6.45) is 11.6. The minimum atomic E-state index is -0.342.